The van der Waals surface area contributed by atoms with Gasteiger partial charge in [0.05, 0.1) is 38.0 Å². The Kier molecular flexibility index (Phi) is 9.43. The number of methoxy groups -OCH3 is 1. The van der Waals surface area contributed by atoms with Crippen LogP contribution in [0.1, 0.15) is 30.9 Å². The first kappa shape index (κ1) is 25.7. The number of hydrogen-bond acceptors (Lipinski definition) is 7. The molecular formula is C24H31N3O6S. The minimum Gasteiger partial charge on any atom is -0.493 e. The lowest BCUT2D eigenvalue weighted by atomic mass is 10.1. The first-order chi connectivity index (χ1) is 16.4. The molecule has 10 heteroatoms. The number of ether oxygens (including phenoxy) is 3. The quantitative estimate of drug-likeness (QED) is 0.384. The first-order valence-electron chi connectivity index (χ1n) is 11.2. The molecule has 1 amide bonds. The predicted molar refractivity (Wildman–Crippen MR) is 129 cm³/mol. The highest BCUT2D eigenvalue weighted by Crippen LogP contribution is 2.27. The third kappa shape index (κ3) is 7.02. The van der Waals surface area contributed by atoms with Crippen LogP contribution in [0.15, 0.2) is 52.5 Å². The molecule has 0 atom stereocenters. The Morgan fingerprint density at radius 3 is 2.56 bits per heavy atom. The average Bonchev–Trinajstić information content (AvgIpc) is 2.87. The standard InChI is InChI=1S/C24H31N3O6S/c1-3-14-33-22-10-6-20(17-23(22)31-2)18-25-26-24(28)11-7-19-4-8-21(9-5-19)34(29,30)27-12-15-32-16-13-27/h4-6,8-10,17-18H,3,7,11-16H2,1-2H3,(H,26,28)/b25-18+. The number of nitrogens with zero attached hydrogens (tertiary/aromatic N) is 2. The maximum Gasteiger partial charge on any atom is 0.243 e. The minimum atomic E-state index is -3.52. The Morgan fingerprint density at radius 2 is 1.88 bits per heavy atom. The van der Waals surface area contributed by atoms with Crippen LogP contribution in [0.5, 0.6) is 11.5 Å². The number of hydrogen-bond donors (Lipinski definition) is 1. The number of benzene rings is 2. The molecule has 0 spiro atoms. The smallest absolute Gasteiger partial charge is 0.243 e. The van der Waals surface area contributed by atoms with Crippen molar-refractivity contribution in [3.05, 3.63) is 53.6 Å². The molecule has 1 heterocycles. The molecular weight excluding hydrogens is 458 g/mol. The molecule has 0 aromatic heterocycles. The largest absolute Gasteiger partial charge is 0.493 e. The second-order valence-corrected chi connectivity index (χ2v) is 9.65. The van der Waals surface area contributed by atoms with E-state index in [2.05, 4.69) is 10.5 Å². The summed E-state index contributed by atoms with van der Waals surface area (Å²) in [7, 11) is -1.95. The van der Waals surface area contributed by atoms with Crippen molar-refractivity contribution in [1.82, 2.24) is 9.73 Å². The van der Waals surface area contributed by atoms with Gasteiger partial charge < -0.3 is 14.2 Å². The summed E-state index contributed by atoms with van der Waals surface area (Å²) in [5.41, 5.74) is 4.14. The molecule has 34 heavy (non-hydrogen) atoms. The van der Waals surface area contributed by atoms with Crippen molar-refractivity contribution in [3.8, 4) is 11.5 Å². The summed E-state index contributed by atoms with van der Waals surface area (Å²) in [5, 5.41) is 4.00. The van der Waals surface area contributed by atoms with Crippen molar-refractivity contribution in [1.29, 1.82) is 0 Å². The summed E-state index contributed by atoms with van der Waals surface area (Å²) in [5.74, 6) is 1.02. The van der Waals surface area contributed by atoms with Crippen molar-refractivity contribution in [2.45, 2.75) is 31.1 Å². The second kappa shape index (κ2) is 12.5. The molecule has 1 saturated heterocycles. The van der Waals surface area contributed by atoms with E-state index in [0.29, 0.717) is 50.8 Å². The Balaban J connectivity index is 1.49. The topological polar surface area (TPSA) is 107 Å². The molecule has 2 aromatic carbocycles. The highest BCUT2D eigenvalue weighted by atomic mass is 32.2. The number of nitrogens with one attached hydrogen (secondary N) is 1. The fourth-order valence-corrected chi connectivity index (χ4v) is 4.76. The normalized spacial score (nSPS) is 14.8. The van der Waals surface area contributed by atoms with Gasteiger partial charge in [-0.15, -0.1) is 0 Å². The SMILES string of the molecule is CCCOc1ccc(/C=N/NC(=O)CCc2ccc(S(=O)(=O)N3CCOCC3)cc2)cc1OC. The molecule has 1 N–H and O–H groups in total. The zero-order valence-corrected chi connectivity index (χ0v) is 20.3. The van der Waals surface area contributed by atoms with Crippen LogP contribution in [-0.2, 0) is 26.0 Å². The summed E-state index contributed by atoms with van der Waals surface area (Å²) in [4.78, 5) is 12.4. The van der Waals surface area contributed by atoms with Crippen LogP contribution in [0.4, 0.5) is 0 Å². The van der Waals surface area contributed by atoms with Gasteiger partial charge in [0.1, 0.15) is 0 Å². The lowest BCUT2D eigenvalue weighted by molar-refractivity contribution is -0.121. The molecule has 0 unspecified atom stereocenters. The van der Waals surface area contributed by atoms with Crippen LogP contribution in [0, 0.1) is 0 Å². The zero-order chi connectivity index (χ0) is 24.4. The van der Waals surface area contributed by atoms with Crippen LogP contribution in [-0.4, -0.2) is 64.9 Å². The zero-order valence-electron chi connectivity index (χ0n) is 19.5. The summed E-state index contributed by atoms with van der Waals surface area (Å²) in [6.07, 6.45) is 3.13. The summed E-state index contributed by atoms with van der Waals surface area (Å²) >= 11 is 0. The van der Waals surface area contributed by atoms with E-state index in [4.69, 9.17) is 14.2 Å². The van der Waals surface area contributed by atoms with Gasteiger partial charge in [-0.25, -0.2) is 13.8 Å². The number of hydrazone groups is 1. The maximum atomic E-state index is 12.7. The lowest BCUT2D eigenvalue weighted by Gasteiger charge is -2.26. The number of carbonyl (C=O) groups excluding carboxylic acids is 1. The maximum absolute atomic E-state index is 12.7. The van der Waals surface area contributed by atoms with E-state index in [9.17, 15) is 13.2 Å². The van der Waals surface area contributed by atoms with E-state index in [1.165, 1.54) is 10.5 Å². The molecule has 1 aliphatic rings. The molecule has 0 aliphatic carbocycles. The van der Waals surface area contributed by atoms with E-state index in [1.807, 2.05) is 13.0 Å². The van der Waals surface area contributed by atoms with Gasteiger partial charge in [0.15, 0.2) is 11.5 Å². The number of carbonyl (C=O) groups is 1. The number of morpholine rings is 1. The fourth-order valence-electron chi connectivity index (χ4n) is 3.35. The highest BCUT2D eigenvalue weighted by Gasteiger charge is 2.26. The van der Waals surface area contributed by atoms with Crippen LogP contribution < -0.4 is 14.9 Å². The van der Waals surface area contributed by atoms with Gasteiger partial charge in [-0.05, 0) is 54.3 Å². The summed E-state index contributed by atoms with van der Waals surface area (Å²) in [6.45, 7) is 4.15. The molecule has 2 aromatic rings. The van der Waals surface area contributed by atoms with Gasteiger partial charge in [-0.1, -0.05) is 19.1 Å². The Labute approximate surface area is 200 Å². The predicted octanol–water partition coefficient (Wildman–Crippen LogP) is 2.59. The van der Waals surface area contributed by atoms with Gasteiger partial charge in [-0.3, -0.25) is 4.79 Å². The van der Waals surface area contributed by atoms with E-state index < -0.39 is 10.0 Å². The first-order valence-corrected chi connectivity index (χ1v) is 12.7. The molecule has 0 bridgehead atoms. The van der Waals surface area contributed by atoms with Crippen molar-refractivity contribution in [2.75, 3.05) is 40.0 Å². The van der Waals surface area contributed by atoms with Gasteiger partial charge >= 0.3 is 0 Å². The highest BCUT2D eigenvalue weighted by molar-refractivity contribution is 7.89. The molecule has 1 fully saturated rings. The van der Waals surface area contributed by atoms with Gasteiger partial charge in [0, 0.05) is 19.5 Å². The van der Waals surface area contributed by atoms with Crippen LogP contribution in [0.2, 0.25) is 0 Å². The molecule has 1 aliphatic heterocycles. The molecule has 0 saturated carbocycles. The second-order valence-electron chi connectivity index (χ2n) is 7.71. The summed E-state index contributed by atoms with van der Waals surface area (Å²) < 4.78 is 43.0. The van der Waals surface area contributed by atoms with Gasteiger partial charge in [0.2, 0.25) is 15.9 Å². The van der Waals surface area contributed by atoms with E-state index >= 15 is 0 Å². The average molecular weight is 490 g/mol. The van der Waals surface area contributed by atoms with Crippen molar-refractivity contribution in [2.24, 2.45) is 5.10 Å². The van der Waals surface area contributed by atoms with Gasteiger partial charge in [0.25, 0.3) is 0 Å². The Hall–Kier alpha value is -2.95. The number of rotatable bonds is 11. The molecule has 3 rings (SSSR count). The van der Waals surface area contributed by atoms with Crippen molar-refractivity contribution in [3.63, 3.8) is 0 Å². The lowest BCUT2D eigenvalue weighted by Crippen LogP contribution is -2.40. The van der Waals surface area contributed by atoms with E-state index in [-0.39, 0.29) is 17.2 Å². The van der Waals surface area contributed by atoms with Crippen molar-refractivity contribution < 1.29 is 27.4 Å². The third-order valence-corrected chi connectivity index (χ3v) is 7.14. The van der Waals surface area contributed by atoms with Crippen LogP contribution in [0.3, 0.4) is 0 Å². The number of amides is 1. The number of sulfonamides is 1. The Bertz CT molecular complexity index is 1080. The molecule has 184 valence electrons. The minimum absolute atomic E-state index is 0.222. The van der Waals surface area contributed by atoms with Crippen LogP contribution in [0.25, 0.3) is 0 Å². The van der Waals surface area contributed by atoms with E-state index in [1.54, 1.807) is 43.5 Å². The van der Waals surface area contributed by atoms with E-state index in [0.717, 1.165) is 17.5 Å². The fraction of sp³-hybridized carbons (Fsp3) is 0.417. The third-order valence-electron chi connectivity index (χ3n) is 5.22. The van der Waals surface area contributed by atoms with Gasteiger partial charge in [-0.2, -0.15) is 9.41 Å². The molecule has 0 radical (unpaired) electrons. The number of aryl methyl sites for hydroxylation is 1. The van der Waals surface area contributed by atoms with Crippen LogP contribution >= 0.6 is 0 Å². The monoisotopic (exact) mass is 489 g/mol. The molecule has 9 nitrogen and oxygen atoms in total. The van der Waals surface area contributed by atoms with Crippen molar-refractivity contribution >= 4 is 22.1 Å². The Morgan fingerprint density at radius 1 is 1.15 bits per heavy atom. The summed E-state index contributed by atoms with van der Waals surface area (Å²) in [6, 6.07) is 12.1.